The van der Waals surface area contributed by atoms with E-state index in [0.717, 1.165) is 4.90 Å². The van der Waals surface area contributed by atoms with E-state index in [1.165, 1.54) is 56.7 Å². The lowest BCUT2D eigenvalue weighted by Gasteiger charge is -2.36. The highest BCUT2D eigenvalue weighted by molar-refractivity contribution is 7.91. The molecule has 1 unspecified atom stereocenters. The van der Waals surface area contributed by atoms with Crippen molar-refractivity contribution < 1.29 is 65.7 Å². The Bertz CT molecular complexity index is 2310. The quantitative estimate of drug-likeness (QED) is 0.0727. The normalized spacial score (nSPS) is 20.6. The van der Waals surface area contributed by atoms with Crippen LogP contribution < -0.4 is 20.7 Å². The van der Waals surface area contributed by atoms with Crippen molar-refractivity contribution in [2.75, 3.05) is 26.1 Å². The molecule has 0 spiro atoms. The molecule has 2 aromatic rings. The van der Waals surface area contributed by atoms with Gasteiger partial charge in [-0.05, 0) is 81.8 Å². The number of rotatable bonds is 13. The van der Waals surface area contributed by atoms with Crippen molar-refractivity contribution in [2.24, 2.45) is 16.3 Å². The number of nitrogens with zero attached hydrogens (tertiary/aromatic N) is 2. The van der Waals surface area contributed by atoms with Gasteiger partial charge in [0, 0.05) is 18.0 Å². The maximum atomic E-state index is 14.3. The Morgan fingerprint density at radius 2 is 1.53 bits per heavy atom. The smallest absolute Gasteiger partial charge is 0.411 e. The van der Waals surface area contributed by atoms with Gasteiger partial charge in [0.05, 0.1) is 42.8 Å². The minimum Gasteiger partial charge on any atom is -0.465 e. The first-order valence-electron chi connectivity index (χ1n) is 20.1. The number of benzene rings is 2. The van der Waals surface area contributed by atoms with E-state index in [1.54, 1.807) is 59.7 Å². The summed E-state index contributed by atoms with van der Waals surface area (Å²) in [5.74, 6) is -4.06. The third-order valence-electron chi connectivity index (χ3n) is 10.1. The third-order valence-corrected chi connectivity index (χ3v) is 11.9. The fourth-order valence-electron chi connectivity index (χ4n) is 6.65. The Balaban J connectivity index is 0.000000591. The van der Waals surface area contributed by atoms with Gasteiger partial charge in [-0.1, -0.05) is 39.0 Å². The van der Waals surface area contributed by atoms with E-state index < -0.39 is 97.8 Å². The first-order valence-corrected chi connectivity index (χ1v) is 21.7. The van der Waals surface area contributed by atoms with Crippen molar-refractivity contribution in [2.45, 2.75) is 102 Å². The van der Waals surface area contributed by atoms with Crippen LogP contribution in [0.2, 0.25) is 0 Å². The standard InChI is InChI=1S/C34H47N5O11S.C9H7NO3/c1-9-20-17-34(20,29(43)38-51(46,47)23-13-14-23)37-26(40)24-16-22(49-30(44)35-21-12-10-11-19(15-21)28(42)48-8)18-39(24)27(41)25(32(2,3)4)36-31(45)50-33(5,6)7;1-13-9(12)7-3-2-4-8(5-7)10-6-11/h9-12,15,20,22-25H,1,13-14,16-18H2,2-8H3,(H,35,44)(H,36,45)(H,37,40)(H,38,43);2-5H,1H3/t20?,22-,24+,25-,34-;/m1./s1. The predicted molar refractivity (Wildman–Crippen MR) is 229 cm³/mol. The van der Waals surface area contributed by atoms with Crippen LogP contribution in [0.5, 0.6) is 0 Å². The minimum atomic E-state index is -3.94. The van der Waals surface area contributed by atoms with E-state index in [9.17, 15) is 46.8 Å². The Hall–Kier alpha value is -6.60. The fraction of sp³-hybridized carbons (Fsp3) is 0.488. The Kier molecular flexibility index (Phi) is 15.9. The highest BCUT2D eigenvalue weighted by Crippen LogP contribution is 2.45. The summed E-state index contributed by atoms with van der Waals surface area (Å²) in [6.07, 6.45) is 0.704. The van der Waals surface area contributed by atoms with Gasteiger partial charge in [-0.25, -0.2) is 32.4 Å². The van der Waals surface area contributed by atoms with Crippen molar-refractivity contribution in [3.63, 3.8) is 0 Å². The summed E-state index contributed by atoms with van der Waals surface area (Å²) in [5, 5.41) is 7.11. The molecule has 0 aromatic heterocycles. The zero-order valence-corrected chi connectivity index (χ0v) is 37.7. The lowest BCUT2D eigenvalue weighted by molar-refractivity contribution is -0.143. The molecule has 0 bridgehead atoms. The third kappa shape index (κ3) is 13.2. The van der Waals surface area contributed by atoms with E-state index in [0.29, 0.717) is 24.1 Å². The largest absolute Gasteiger partial charge is 0.465 e. The molecule has 2 aromatic carbocycles. The van der Waals surface area contributed by atoms with Gasteiger partial charge in [-0.2, -0.15) is 4.99 Å². The van der Waals surface area contributed by atoms with Gasteiger partial charge in [-0.3, -0.25) is 24.4 Å². The van der Waals surface area contributed by atoms with Crippen LogP contribution in [0, 0.1) is 11.3 Å². The number of isocyanates is 1. The number of carbonyl (C=O) groups excluding carboxylic acids is 8. The van der Waals surface area contributed by atoms with Crippen molar-refractivity contribution in [3.8, 4) is 0 Å². The van der Waals surface area contributed by atoms with E-state index in [4.69, 9.17) is 14.2 Å². The summed E-state index contributed by atoms with van der Waals surface area (Å²) < 4.78 is 47.5. The monoisotopic (exact) mass is 910 g/mol. The summed E-state index contributed by atoms with van der Waals surface area (Å²) >= 11 is 0. The topological polar surface area (TPSA) is 271 Å². The van der Waals surface area contributed by atoms with Crippen molar-refractivity contribution in [3.05, 3.63) is 72.3 Å². The zero-order valence-electron chi connectivity index (χ0n) is 36.8. The molecule has 1 aliphatic heterocycles. The fourth-order valence-corrected chi connectivity index (χ4v) is 8.01. The number of ether oxygens (including phenoxy) is 4. The Morgan fingerprint density at radius 1 is 0.922 bits per heavy atom. The number of hydrogen-bond donors (Lipinski definition) is 4. The summed E-state index contributed by atoms with van der Waals surface area (Å²) in [6.45, 7) is 13.6. The molecule has 2 saturated carbocycles. The van der Waals surface area contributed by atoms with Crippen LogP contribution in [-0.2, 0) is 48.1 Å². The zero-order chi connectivity index (χ0) is 47.8. The van der Waals surface area contributed by atoms with Gasteiger partial charge in [0.1, 0.15) is 29.3 Å². The van der Waals surface area contributed by atoms with E-state index >= 15 is 0 Å². The molecule has 21 heteroatoms. The number of likely N-dealkylation sites (tertiary alicyclic amines) is 1. The molecular weight excluding hydrogens is 857 g/mol. The summed E-state index contributed by atoms with van der Waals surface area (Å²) in [4.78, 5) is 105. The predicted octanol–water partition coefficient (Wildman–Crippen LogP) is 4.04. The van der Waals surface area contributed by atoms with Gasteiger partial charge in [0.15, 0.2) is 0 Å². The second-order valence-electron chi connectivity index (χ2n) is 17.3. The van der Waals surface area contributed by atoms with Crippen molar-refractivity contribution in [1.82, 2.24) is 20.3 Å². The van der Waals surface area contributed by atoms with Crippen LogP contribution in [0.1, 0.15) is 87.9 Å². The number of carbonyl (C=O) groups is 7. The summed E-state index contributed by atoms with van der Waals surface area (Å²) in [5.41, 5.74) is -2.25. The maximum Gasteiger partial charge on any atom is 0.411 e. The molecular formula is C43H54N6O14S. The second kappa shape index (κ2) is 20.3. The van der Waals surface area contributed by atoms with Gasteiger partial charge in [0.2, 0.25) is 27.9 Å². The number of amides is 5. The molecule has 4 N–H and O–H groups in total. The van der Waals surface area contributed by atoms with Crippen LogP contribution in [0.25, 0.3) is 0 Å². The highest BCUT2D eigenvalue weighted by atomic mass is 32.2. The van der Waals surface area contributed by atoms with Crippen LogP contribution in [0.4, 0.5) is 21.0 Å². The molecule has 20 nitrogen and oxygen atoms in total. The summed E-state index contributed by atoms with van der Waals surface area (Å²) in [7, 11) is -1.43. The SMILES string of the molecule is C=CC1C[C@]1(NC(=O)[C@@H]1C[C@@H](OC(=O)Nc2cccc(C(=O)OC)c2)CN1C(=O)[C@@H](NC(=O)OC(C)(C)C)C(C)(C)C)C(=O)NS(=O)(=O)C1CC1.COC(=O)c1cccc(N=C=O)c1. The molecule has 1 heterocycles. The van der Waals surface area contributed by atoms with E-state index in [1.807, 2.05) is 0 Å². The number of nitrogens with one attached hydrogen (secondary N) is 4. The number of sulfonamides is 1. The van der Waals surface area contributed by atoms with Crippen LogP contribution in [0.15, 0.2) is 66.2 Å². The molecule has 2 aliphatic carbocycles. The number of anilines is 1. The Labute approximate surface area is 370 Å². The molecule has 346 valence electrons. The average molecular weight is 911 g/mol. The van der Waals surface area contributed by atoms with E-state index in [2.05, 4.69) is 37.0 Å². The van der Waals surface area contributed by atoms with Gasteiger partial charge < -0.3 is 34.5 Å². The molecule has 3 fully saturated rings. The number of hydrogen-bond acceptors (Lipinski definition) is 15. The lowest BCUT2D eigenvalue weighted by Crippen LogP contribution is -2.60. The first-order chi connectivity index (χ1) is 29.9. The van der Waals surface area contributed by atoms with Gasteiger partial charge in [-0.15, -0.1) is 6.58 Å². The molecule has 5 rings (SSSR count). The van der Waals surface area contributed by atoms with Gasteiger partial charge in [0.25, 0.3) is 5.91 Å². The lowest BCUT2D eigenvalue weighted by atomic mass is 9.85. The van der Waals surface area contributed by atoms with Crippen molar-refractivity contribution in [1.29, 1.82) is 0 Å². The van der Waals surface area contributed by atoms with Crippen molar-refractivity contribution >= 4 is 69.3 Å². The molecule has 5 amide bonds. The minimum absolute atomic E-state index is 0.0761. The van der Waals surface area contributed by atoms with Crippen LogP contribution in [-0.4, -0.2) is 117 Å². The highest BCUT2D eigenvalue weighted by Gasteiger charge is 2.62. The number of alkyl carbamates (subject to hydrolysis) is 1. The Morgan fingerprint density at radius 3 is 2.06 bits per heavy atom. The maximum absolute atomic E-state index is 14.3. The van der Waals surface area contributed by atoms with Gasteiger partial charge >= 0.3 is 24.1 Å². The number of methoxy groups -OCH3 is 2. The molecule has 64 heavy (non-hydrogen) atoms. The summed E-state index contributed by atoms with van der Waals surface area (Å²) in [6, 6.07) is 9.64. The van der Waals surface area contributed by atoms with Crippen LogP contribution >= 0.6 is 0 Å². The molecule has 1 saturated heterocycles. The number of aliphatic imine (C=N–C) groups is 1. The van der Waals surface area contributed by atoms with Crippen LogP contribution in [0.3, 0.4) is 0 Å². The van der Waals surface area contributed by atoms with E-state index in [-0.39, 0.29) is 30.6 Å². The second-order valence-corrected chi connectivity index (χ2v) is 19.3. The molecule has 0 radical (unpaired) electrons. The molecule has 5 atom stereocenters. The number of esters is 2. The molecule has 3 aliphatic rings. The first kappa shape index (κ1) is 50.0. The average Bonchev–Trinajstić information content (AvgIpc) is 4.15.